The molecule has 0 unspecified atom stereocenters. The number of pyridine rings is 4. The fraction of sp³-hybridized carbons (Fsp3) is 0.280. The van der Waals surface area contributed by atoms with Gasteiger partial charge in [-0.05, 0) is 98.3 Å². The molecule has 68 heavy (non-hydrogen) atoms. The second-order valence-corrected chi connectivity index (χ2v) is 17.4. The third-order valence-electron chi connectivity index (χ3n) is 9.81. The fourth-order valence-corrected chi connectivity index (χ4v) is 8.59. The molecule has 0 aliphatic rings. The number of hydrogen-bond donors (Lipinski definition) is 0. The van der Waals surface area contributed by atoms with E-state index in [-0.39, 0.29) is 30.9 Å². The van der Waals surface area contributed by atoms with E-state index in [1.807, 2.05) is 18.2 Å². The maximum Gasteiger partial charge on any atom is 2.00 e. The minimum atomic E-state index is -4.50. The van der Waals surface area contributed by atoms with Gasteiger partial charge in [0, 0.05) is 57.0 Å². The van der Waals surface area contributed by atoms with E-state index < -0.39 is 11.9 Å². The number of alkyl halides is 3. The van der Waals surface area contributed by atoms with Crippen molar-refractivity contribution >= 4 is 53.0 Å². The van der Waals surface area contributed by atoms with Crippen LogP contribution in [-0.2, 0) is 48.1 Å². The Morgan fingerprint density at radius 1 is 0.721 bits per heavy atom. The van der Waals surface area contributed by atoms with Crippen molar-refractivity contribution in [2.75, 3.05) is 0 Å². The van der Waals surface area contributed by atoms with Gasteiger partial charge < -0.3 is 25.1 Å². The van der Waals surface area contributed by atoms with E-state index in [0.717, 1.165) is 39.8 Å². The Hall–Kier alpha value is -6.08. The zero-order valence-electron chi connectivity index (χ0n) is 37.4. The average molecular weight is 1060 g/mol. The molecule has 0 spiro atoms. The van der Waals surface area contributed by atoms with Gasteiger partial charge in [-0.15, -0.1) is 22.7 Å². The fourth-order valence-electron chi connectivity index (χ4n) is 6.63. The Morgan fingerprint density at radius 3 is 2.00 bits per heavy atom. The number of aryl methyl sites for hydroxylation is 3. The number of ether oxygens (including phenoxy) is 2. The molecule has 7 heterocycles. The molecule has 0 aliphatic heterocycles. The molecule has 0 saturated carbocycles. The van der Waals surface area contributed by atoms with Gasteiger partial charge in [-0.3, -0.25) is 24.5 Å². The van der Waals surface area contributed by atoms with E-state index >= 15 is 0 Å². The van der Waals surface area contributed by atoms with Crippen LogP contribution in [0.2, 0.25) is 0 Å². The molecule has 0 amide bonds. The van der Waals surface area contributed by atoms with Crippen molar-refractivity contribution in [2.24, 2.45) is 0 Å². The third-order valence-corrected chi connectivity index (χ3v) is 12.0. The van der Waals surface area contributed by atoms with E-state index in [9.17, 15) is 22.8 Å². The Morgan fingerprint density at radius 2 is 1.34 bits per heavy atom. The van der Waals surface area contributed by atoms with E-state index in [1.54, 1.807) is 65.4 Å². The van der Waals surface area contributed by atoms with Crippen molar-refractivity contribution in [3.05, 3.63) is 128 Å². The van der Waals surface area contributed by atoms with Crippen LogP contribution >= 0.6 is 34.9 Å². The van der Waals surface area contributed by atoms with Crippen LogP contribution in [0.1, 0.15) is 96.7 Å². The molecule has 0 saturated heterocycles. The Balaban J connectivity index is 0.000000293. The van der Waals surface area contributed by atoms with E-state index in [4.69, 9.17) is 14.9 Å². The van der Waals surface area contributed by atoms with Crippen LogP contribution in [0, 0.1) is 18.8 Å². The molecular weight excluding hydrogens is 1020 g/mol. The van der Waals surface area contributed by atoms with Gasteiger partial charge in [-0.25, -0.2) is 4.98 Å². The Bertz CT molecular complexity index is 2810. The van der Waals surface area contributed by atoms with Gasteiger partial charge in [0.05, 0.1) is 33.3 Å². The first kappa shape index (κ1) is 54.5. The van der Waals surface area contributed by atoms with Crippen LogP contribution in [-0.4, -0.2) is 43.1 Å². The van der Waals surface area contributed by atoms with Gasteiger partial charge in [0.2, 0.25) is 0 Å². The third kappa shape index (κ3) is 16.9. The summed E-state index contributed by atoms with van der Waals surface area (Å²) in [6, 6.07) is 21.0. The smallest absolute Gasteiger partial charge is 0.753 e. The SMILES string of the molecule is CCCCCCc1cc(C)sc1C#Cc1ccnc(-c2cc(OC=O)cc(-c3cc(OC=O)ccn3)n2)c1.CCCCCCc1ccc(-c2ccnc(-c3cc(C(F)(F)F)n[n-]3)c2)s1.[N-]=C=S.[Ru+2]. The molecule has 0 atom stereocenters. The normalized spacial score (nSPS) is 10.4. The maximum absolute atomic E-state index is 12.7. The van der Waals surface area contributed by atoms with Crippen molar-refractivity contribution in [1.82, 2.24) is 30.1 Å². The van der Waals surface area contributed by atoms with Crippen LogP contribution in [0.4, 0.5) is 13.2 Å². The van der Waals surface area contributed by atoms with Gasteiger partial charge in [0.1, 0.15) is 17.2 Å². The average Bonchev–Trinajstić information content (AvgIpc) is 4.11. The summed E-state index contributed by atoms with van der Waals surface area (Å²) in [5.41, 5.74) is 4.48. The molecule has 7 aromatic heterocycles. The molecule has 7 aromatic rings. The second-order valence-electron chi connectivity index (χ2n) is 14.8. The number of thiophene rings is 2. The van der Waals surface area contributed by atoms with E-state index in [1.165, 1.54) is 78.0 Å². The van der Waals surface area contributed by atoms with Crippen molar-refractivity contribution in [3.8, 4) is 67.9 Å². The second kappa shape index (κ2) is 28.3. The number of hydrogen-bond acceptors (Lipinski definition) is 12. The topological polar surface area (TPSA) is 153 Å². The van der Waals surface area contributed by atoms with Crippen molar-refractivity contribution in [2.45, 2.75) is 91.2 Å². The molecule has 352 valence electrons. The Labute approximate surface area is 419 Å². The minimum absolute atomic E-state index is 0. The first-order chi connectivity index (χ1) is 32.5. The molecule has 0 aromatic carbocycles. The summed E-state index contributed by atoms with van der Waals surface area (Å²) < 4.78 is 48.1. The first-order valence-electron chi connectivity index (χ1n) is 21.4. The zero-order valence-corrected chi connectivity index (χ0v) is 41.5. The molecule has 0 bridgehead atoms. The molecule has 18 heteroatoms. The number of unbranched alkanes of at least 4 members (excludes halogenated alkanes) is 6. The molecule has 0 fully saturated rings. The summed E-state index contributed by atoms with van der Waals surface area (Å²) in [6.07, 6.45) is 12.1. The van der Waals surface area contributed by atoms with Crippen molar-refractivity contribution in [3.63, 3.8) is 0 Å². The van der Waals surface area contributed by atoms with Crippen molar-refractivity contribution in [1.29, 1.82) is 0 Å². The molecule has 7 rings (SSSR count). The van der Waals surface area contributed by atoms with Crippen LogP contribution in [0.5, 0.6) is 11.5 Å². The molecule has 0 radical (unpaired) electrons. The number of rotatable bonds is 18. The molecule has 11 nitrogen and oxygen atoms in total. The Kier molecular flexibility index (Phi) is 22.7. The predicted molar refractivity (Wildman–Crippen MR) is 260 cm³/mol. The number of aromatic nitrogens is 6. The summed E-state index contributed by atoms with van der Waals surface area (Å²) in [5, 5.41) is 15.3. The number of carbonyl (C=O) groups excluding carboxylic acids is 2. The molecule has 0 aliphatic carbocycles. The van der Waals surface area contributed by atoms with Gasteiger partial charge in [-0.1, -0.05) is 82.1 Å². The quantitative estimate of drug-likeness (QED) is 0.0201. The number of isothiocyanates is 1. The van der Waals surface area contributed by atoms with Gasteiger partial charge in [0.25, 0.3) is 12.9 Å². The summed E-state index contributed by atoms with van der Waals surface area (Å²) in [4.78, 5) is 44.1. The monoisotopic (exact) mass is 1060 g/mol. The van der Waals surface area contributed by atoms with E-state index in [2.05, 4.69) is 93.2 Å². The first-order valence-corrected chi connectivity index (χ1v) is 23.4. The molecule has 0 N–H and O–H groups in total. The van der Waals surface area contributed by atoms with Gasteiger partial charge >= 0.3 is 25.7 Å². The number of carbonyl (C=O) groups is 2. The summed E-state index contributed by atoms with van der Waals surface area (Å²) in [6.45, 7) is 7.21. The van der Waals surface area contributed by atoms with E-state index in [0.29, 0.717) is 47.2 Å². The number of thiocarbonyl (C=S) groups is 1. The summed E-state index contributed by atoms with van der Waals surface area (Å²) in [7, 11) is 0. The molecular formula is C50H46F3N7O4RuS3. The van der Waals surface area contributed by atoms with Crippen molar-refractivity contribution < 1.29 is 51.7 Å². The summed E-state index contributed by atoms with van der Waals surface area (Å²) >= 11 is 7.13. The van der Waals surface area contributed by atoms with Crippen LogP contribution in [0.3, 0.4) is 0 Å². The summed E-state index contributed by atoms with van der Waals surface area (Å²) in [5.74, 6) is 7.23. The van der Waals surface area contributed by atoms with Crippen LogP contribution in [0.15, 0.2) is 91.4 Å². The van der Waals surface area contributed by atoms with Gasteiger partial charge in [-0.2, -0.15) is 18.3 Å². The van der Waals surface area contributed by atoms with Crippen LogP contribution in [0.25, 0.3) is 50.0 Å². The largest absolute Gasteiger partial charge is 2.00 e. The van der Waals surface area contributed by atoms with Crippen LogP contribution < -0.4 is 14.6 Å². The number of nitrogens with zero attached hydrogens (tertiary/aromatic N) is 7. The standard InChI is InChI=1S/C30H27N3O4S.C19H19F3N3S.CNS.Ru/c1-3-4-5-6-7-23-14-21(2)38-30(23)9-8-22-10-12-31-26(15-22)28-17-25(37-20-35)18-29(33-28)27-16-24(36-19-34)11-13-32-27;1-2-3-4-5-6-14-7-8-17(26-14)13-9-10-23-15(11-13)16-12-18(25-24-16)19(20,21)22;2-1-3;/h10-20H,3-7H2,1-2H3;7-12H,2-6H2,1H3;;/q;2*-1;+2. The number of halogens is 3. The predicted octanol–water partition coefficient (Wildman–Crippen LogP) is 12.8. The maximum atomic E-state index is 12.7. The minimum Gasteiger partial charge on any atom is -0.753 e. The van der Waals surface area contributed by atoms with Gasteiger partial charge in [0.15, 0.2) is 0 Å². The zero-order chi connectivity index (χ0) is 48.0.